The standard InChI is InChI=1S/C24H26FN3O8/c1-3-36-21(30)13-18(15-8-10-17(11-9-15)28(34)35)22(24(32)33)27-23(31)20(26-14(2)29)12-16-6-4-5-7-19(16)25/h4-11,18,20,22H,3,12-13H2,1-2H3,(H,26,29)(H,27,31)(H,32,33)/t18-,20-,22-/m1/s1. The van der Waals surface area contributed by atoms with Gasteiger partial charge in [0.1, 0.15) is 17.9 Å². The third-order valence-electron chi connectivity index (χ3n) is 5.27. The largest absolute Gasteiger partial charge is 0.480 e. The van der Waals surface area contributed by atoms with Crippen LogP contribution < -0.4 is 10.6 Å². The lowest BCUT2D eigenvalue weighted by Gasteiger charge is -2.27. The number of amides is 2. The number of carbonyl (C=O) groups is 4. The van der Waals surface area contributed by atoms with Crippen molar-refractivity contribution in [1.29, 1.82) is 0 Å². The summed E-state index contributed by atoms with van der Waals surface area (Å²) in [6.07, 6.45) is -0.717. The zero-order chi connectivity index (χ0) is 26.8. The van der Waals surface area contributed by atoms with Crippen LogP contribution in [0.2, 0.25) is 0 Å². The lowest BCUT2D eigenvalue weighted by molar-refractivity contribution is -0.384. The van der Waals surface area contributed by atoms with Crippen molar-refractivity contribution in [1.82, 2.24) is 10.6 Å². The van der Waals surface area contributed by atoms with Gasteiger partial charge >= 0.3 is 11.9 Å². The molecule has 0 aliphatic rings. The van der Waals surface area contributed by atoms with Gasteiger partial charge in [-0.05, 0) is 24.1 Å². The van der Waals surface area contributed by atoms with Crippen molar-refractivity contribution >= 4 is 29.4 Å². The molecule has 0 fully saturated rings. The molecule has 0 aromatic heterocycles. The Morgan fingerprint density at radius 3 is 2.25 bits per heavy atom. The molecular formula is C24H26FN3O8. The number of benzene rings is 2. The van der Waals surface area contributed by atoms with Crippen molar-refractivity contribution in [2.45, 2.75) is 44.7 Å². The Kier molecular flexibility index (Phi) is 10.0. The van der Waals surface area contributed by atoms with Gasteiger partial charge in [-0.2, -0.15) is 0 Å². The molecule has 0 unspecified atom stereocenters. The lowest BCUT2D eigenvalue weighted by atomic mass is 9.88. The maximum Gasteiger partial charge on any atom is 0.326 e. The monoisotopic (exact) mass is 503 g/mol. The van der Waals surface area contributed by atoms with Crippen molar-refractivity contribution in [3.63, 3.8) is 0 Å². The molecule has 0 spiro atoms. The Bertz CT molecular complexity index is 1120. The summed E-state index contributed by atoms with van der Waals surface area (Å²) in [5, 5.41) is 25.6. The maximum absolute atomic E-state index is 14.2. The molecule has 0 saturated carbocycles. The number of esters is 1. The van der Waals surface area contributed by atoms with Crippen LogP contribution in [0.15, 0.2) is 48.5 Å². The van der Waals surface area contributed by atoms with Gasteiger partial charge in [0.15, 0.2) is 0 Å². The van der Waals surface area contributed by atoms with E-state index in [1.807, 2.05) is 0 Å². The Hall–Kier alpha value is -4.35. The van der Waals surface area contributed by atoms with Crippen molar-refractivity contribution in [3.8, 4) is 0 Å². The van der Waals surface area contributed by atoms with Crippen LogP contribution in [0, 0.1) is 15.9 Å². The van der Waals surface area contributed by atoms with E-state index >= 15 is 0 Å². The Balaban J connectivity index is 2.39. The number of nitrogens with one attached hydrogen (secondary N) is 2. The van der Waals surface area contributed by atoms with Gasteiger partial charge in [-0.3, -0.25) is 24.5 Å². The highest BCUT2D eigenvalue weighted by Gasteiger charge is 2.35. The molecule has 0 heterocycles. The van der Waals surface area contributed by atoms with Gasteiger partial charge in [0, 0.05) is 31.4 Å². The van der Waals surface area contributed by atoms with Gasteiger partial charge in [-0.25, -0.2) is 9.18 Å². The number of hydrogen-bond donors (Lipinski definition) is 3. The van der Waals surface area contributed by atoms with E-state index in [1.54, 1.807) is 13.0 Å². The molecule has 2 aromatic rings. The molecule has 2 rings (SSSR count). The van der Waals surface area contributed by atoms with Gasteiger partial charge in [-0.15, -0.1) is 0 Å². The predicted octanol–water partition coefficient (Wildman–Crippen LogP) is 2.09. The Morgan fingerprint density at radius 1 is 1.08 bits per heavy atom. The van der Waals surface area contributed by atoms with E-state index in [1.165, 1.54) is 30.3 Å². The summed E-state index contributed by atoms with van der Waals surface area (Å²) in [7, 11) is 0. The number of carboxylic acids is 1. The van der Waals surface area contributed by atoms with Crippen LogP contribution in [0.1, 0.15) is 37.3 Å². The molecule has 0 bridgehead atoms. The number of halogens is 1. The minimum atomic E-state index is -1.68. The first-order chi connectivity index (χ1) is 17.0. The molecule has 0 saturated heterocycles. The molecule has 36 heavy (non-hydrogen) atoms. The van der Waals surface area contributed by atoms with Crippen LogP contribution in [0.25, 0.3) is 0 Å². The van der Waals surface area contributed by atoms with Crippen LogP contribution in [-0.2, 0) is 30.3 Å². The zero-order valence-electron chi connectivity index (χ0n) is 19.6. The van der Waals surface area contributed by atoms with Crippen LogP contribution >= 0.6 is 0 Å². The number of carboxylic acid groups (broad SMARTS) is 1. The minimum Gasteiger partial charge on any atom is -0.480 e. The molecule has 0 aliphatic heterocycles. The second-order valence-corrected chi connectivity index (χ2v) is 7.84. The molecule has 3 N–H and O–H groups in total. The first-order valence-corrected chi connectivity index (χ1v) is 11.0. The average Bonchev–Trinajstić information content (AvgIpc) is 2.82. The molecule has 2 amide bonds. The Labute approximate surface area is 205 Å². The topological polar surface area (TPSA) is 165 Å². The van der Waals surface area contributed by atoms with Gasteiger partial charge in [0.05, 0.1) is 18.0 Å². The number of non-ortho nitro benzene ring substituents is 1. The number of hydrogen-bond acceptors (Lipinski definition) is 7. The molecule has 192 valence electrons. The molecule has 3 atom stereocenters. The van der Waals surface area contributed by atoms with Crippen molar-refractivity contribution in [2.24, 2.45) is 0 Å². The fourth-order valence-corrected chi connectivity index (χ4v) is 3.60. The normalized spacial score (nSPS) is 13.1. The fraction of sp³-hybridized carbons (Fsp3) is 0.333. The summed E-state index contributed by atoms with van der Waals surface area (Å²) in [5.74, 6) is -5.54. The highest BCUT2D eigenvalue weighted by atomic mass is 19.1. The molecule has 2 aromatic carbocycles. The van der Waals surface area contributed by atoms with Gasteiger partial charge in [0.25, 0.3) is 5.69 Å². The van der Waals surface area contributed by atoms with Crippen molar-refractivity contribution in [3.05, 3.63) is 75.6 Å². The summed E-state index contributed by atoms with van der Waals surface area (Å²) >= 11 is 0. The number of nitro benzene ring substituents is 1. The number of rotatable bonds is 12. The second kappa shape index (κ2) is 12.9. The number of nitrogens with zero attached hydrogens (tertiary/aromatic N) is 1. The van der Waals surface area contributed by atoms with E-state index in [-0.39, 0.29) is 29.8 Å². The number of nitro groups is 1. The van der Waals surface area contributed by atoms with Gasteiger partial charge in [0.2, 0.25) is 11.8 Å². The fourth-order valence-electron chi connectivity index (χ4n) is 3.60. The molecule has 0 aliphatic carbocycles. The summed E-state index contributed by atoms with van der Waals surface area (Å²) in [6.45, 7) is 2.75. The summed E-state index contributed by atoms with van der Waals surface area (Å²) in [6, 6.07) is 7.47. The number of aliphatic carboxylic acids is 1. The van der Waals surface area contributed by atoms with E-state index in [0.29, 0.717) is 0 Å². The average molecular weight is 503 g/mol. The van der Waals surface area contributed by atoms with E-state index in [2.05, 4.69) is 10.6 Å². The van der Waals surface area contributed by atoms with E-state index < -0.39 is 58.9 Å². The van der Waals surface area contributed by atoms with E-state index in [0.717, 1.165) is 19.1 Å². The third-order valence-corrected chi connectivity index (χ3v) is 5.27. The Morgan fingerprint density at radius 2 is 1.72 bits per heavy atom. The van der Waals surface area contributed by atoms with Crippen LogP contribution in [0.5, 0.6) is 0 Å². The lowest BCUT2D eigenvalue weighted by Crippen LogP contribution is -2.54. The molecule has 11 nitrogen and oxygen atoms in total. The molecule has 12 heteroatoms. The quantitative estimate of drug-likeness (QED) is 0.225. The summed E-state index contributed by atoms with van der Waals surface area (Å²) in [5.41, 5.74) is 0.100. The molecule has 0 radical (unpaired) electrons. The predicted molar refractivity (Wildman–Crippen MR) is 124 cm³/mol. The highest BCUT2D eigenvalue weighted by Crippen LogP contribution is 2.27. The summed E-state index contributed by atoms with van der Waals surface area (Å²) in [4.78, 5) is 59.6. The first kappa shape index (κ1) is 27.9. The first-order valence-electron chi connectivity index (χ1n) is 11.0. The zero-order valence-corrected chi connectivity index (χ0v) is 19.6. The number of ether oxygens (including phenoxy) is 1. The third kappa shape index (κ3) is 7.86. The van der Waals surface area contributed by atoms with E-state index in [9.17, 15) is 38.8 Å². The van der Waals surface area contributed by atoms with Crippen LogP contribution in [-0.4, -0.2) is 52.5 Å². The second-order valence-electron chi connectivity index (χ2n) is 7.84. The smallest absolute Gasteiger partial charge is 0.326 e. The minimum absolute atomic E-state index is 0.0309. The van der Waals surface area contributed by atoms with Crippen molar-refractivity contribution < 1.29 is 38.3 Å². The molecular weight excluding hydrogens is 477 g/mol. The van der Waals surface area contributed by atoms with Crippen LogP contribution in [0.3, 0.4) is 0 Å². The van der Waals surface area contributed by atoms with Crippen LogP contribution in [0.4, 0.5) is 10.1 Å². The number of carbonyl (C=O) groups excluding carboxylic acids is 3. The van der Waals surface area contributed by atoms with Gasteiger partial charge < -0.3 is 20.5 Å². The SMILES string of the molecule is CCOC(=O)C[C@H](c1ccc([N+](=O)[O-])cc1)[C@@H](NC(=O)[C@@H](Cc1ccccc1F)NC(C)=O)C(=O)O. The summed E-state index contributed by atoms with van der Waals surface area (Å²) < 4.78 is 19.1. The van der Waals surface area contributed by atoms with E-state index in [4.69, 9.17) is 4.74 Å². The maximum atomic E-state index is 14.2. The van der Waals surface area contributed by atoms with Gasteiger partial charge in [-0.1, -0.05) is 30.3 Å². The highest BCUT2D eigenvalue weighted by molar-refractivity contribution is 5.91. The van der Waals surface area contributed by atoms with Crippen molar-refractivity contribution in [2.75, 3.05) is 6.61 Å².